The molecule has 0 fully saturated rings. The van der Waals surface area contributed by atoms with Gasteiger partial charge in [-0.2, -0.15) is 0 Å². The van der Waals surface area contributed by atoms with Crippen molar-refractivity contribution < 1.29 is 18.7 Å². The Bertz CT molecular complexity index is 438. The average molecular weight is 285 g/mol. The van der Waals surface area contributed by atoms with Crippen LogP contribution < -0.4 is 5.32 Å². The normalized spacial score (nSPS) is 12.2. The van der Waals surface area contributed by atoms with E-state index in [0.29, 0.717) is 18.5 Å². The van der Waals surface area contributed by atoms with Crippen LogP contribution in [0.3, 0.4) is 0 Å². The second-order valence-electron chi connectivity index (χ2n) is 5.03. The van der Waals surface area contributed by atoms with E-state index >= 15 is 0 Å². The number of carbonyl (C=O) groups excluding carboxylic acids is 1. The molecular formula is C15H21F2NO2. The number of hydrogen-bond donors (Lipinski definition) is 2. The van der Waals surface area contributed by atoms with Crippen molar-refractivity contribution in [3.8, 4) is 0 Å². The van der Waals surface area contributed by atoms with Gasteiger partial charge in [-0.15, -0.1) is 0 Å². The lowest BCUT2D eigenvalue weighted by molar-refractivity contribution is -0.121. The molecule has 112 valence electrons. The molecule has 0 saturated heterocycles. The third-order valence-electron chi connectivity index (χ3n) is 3.13. The van der Waals surface area contributed by atoms with Crippen LogP contribution in [0.4, 0.5) is 8.78 Å². The van der Waals surface area contributed by atoms with Gasteiger partial charge in [0.15, 0.2) is 11.6 Å². The Kier molecular flexibility index (Phi) is 7.15. The highest BCUT2D eigenvalue weighted by Crippen LogP contribution is 2.10. The third-order valence-corrected chi connectivity index (χ3v) is 3.13. The first kappa shape index (κ1) is 16.6. The number of aryl methyl sites for hydroxylation is 1. The molecular weight excluding hydrogens is 264 g/mol. The van der Waals surface area contributed by atoms with Crippen molar-refractivity contribution in [3.05, 3.63) is 35.4 Å². The van der Waals surface area contributed by atoms with Crippen LogP contribution in [0, 0.1) is 17.6 Å². The first-order valence-corrected chi connectivity index (χ1v) is 6.84. The molecule has 0 saturated carbocycles. The van der Waals surface area contributed by atoms with E-state index in [1.165, 1.54) is 6.07 Å². The monoisotopic (exact) mass is 285 g/mol. The van der Waals surface area contributed by atoms with Gasteiger partial charge < -0.3 is 10.4 Å². The molecule has 1 aromatic carbocycles. The van der Waals surface area contributed by atoms with Gasteiger partial charge in [-0.25, -0.2) is 8.78 Å². The highest BCUT2D eigenvalue weighted by Gasteiger charge is 2.06. The van der Waals surface area contributed by atoms with E-state index in [-0.39, 0.29) is 24.9 Å². The van der Waals surface area contributed by atoms with E-state index in [9.17, 15) is 13.6 Å². The van der Waals surface area contributed by atoms with Crippen molar-refractivity contribution in [2.24, 2.45) is 5.92 Å². The van der Waals surface area contributed by atoms with Gasteiger partial charge in [-0.3, -0.25) is 4.79 Å². The predicted molar refractivity (Wildman–Crippen MR) is 73.2 cm³/mol. The molecule has 0 aliphatic heterocycles. The number of amides is 1. The first-order valence-electron chi connectivity index (χ1n) is 6.84. The fourth-order valence-corrected chi connectivity index (χ4v) is 1.81. The Labute approximate surface area is 118 Å². The Morgan fingerprint density at radius 3 is 2.75 bits per heavy atom. The summed E-state index contributed by atoms with van der Waals surface area (Å²) in [6.07, 6.45) is 2.31. The highest BCUT2D eigenvalue weighted by atomic mass is 19.2. The highest BCUT2D eigenvalue weighted by molar-refractivity contribution is 5.76. The van der Waals surface area contributed by atoms with Crippen LogP contribution in [-0.4, -0.2) is 24.2 Å². The molecule has 0 heterocycles. The molecule has 0 aliphatic rings. The number of aliphatic hydroxyl groups is 1. The lowest BCUT2D eigenvalue weighted by atomic mass is 10.1. The molecule has 0 aliphatic carbocycles. The Morgan fingerprint density at radius 1 is 1.35 bits per heavy atom. The molecule has 0 spiro atoms. The summed E-state index contributed by atoms with van der Waals surface area (Å²) < 4.78 is 25.7. The minimum absolute atomic E-state index is 0.105. The largest absolute Gasteiger partial charge is 0.396 e. The molecule has 2 N–H and O–H groups in total. The van der Waals surface area contributed by atoms with Crippen molar-refractivity contribution in [1.82, 2.24) is 5.32 Å². The molecule has 1 aromatic rings. The van der Waals surface area contributed by atoms with Crippen LogP contribution >= 0.6 is 0 Å². The fourth-order valence-electron chi connectivity index (χ4n) is 1.81. The van der Waals surface area contributed by atoms with Crippen LogP contribution in [-0.2, 0) is 11.2 Å². The van der Waals surface area contributed by atoms with E-state index in [1.54, 1.807) is 0 Å². The van der Waals surface area contributed by atoms with E-state index in [4.69, 9.17) is 5.11 Å². The van der Waals surface area contributed by atoms with Crippen LogP contribution in [0.2, 0.25) is 0 Å². The number of hydrogen-bond acceptors (Lipinski definition) is 2. The lowest BCUT2D eigenvalue weighted by Crippen LogP contribution is -2.25. The second-order valence-corrected chi connectivity index (χ2v) is 5.03. The molecule has 3 nitrogen and oxygen atoms in total. The zero-order chi connectivity index (χ0) is 15.0. The molecule has 0 radical (unpaired) electrons. The van der Waals surface area contributed by atoms with Crippen LogP contribution in [0.25, 0.3) is 0 Å². The Hall–Kier alpha value is -1.49. The Balaban J connectivity index is 2.21. The maximum Gasteiger partial charge on any atom is 0.220 e. The van der Waals surface area contributed by atoms with E-state index in [0.717, 1.165) is 25.0 Å². The van der Waals surface area contributed by atoms with Crippen molar-refractivity contribution in [2.45, 2.75) is 32.6 Å². The molecule has 1 rings (SSSR count). The van der Waals surface area contributed by atoms with Gasteiger partial charge >= 0.3 is 0 Å². The second kappa shape index (κ2) is 8.64. The van der Waals surface area contributed by atoms with E-state index < -0.39 is 11.6 Å². The van der Waals surface area contributed by atoms with E-state index in [2.05, 4.69) is 5.32 Å². The summed E-state index contributed by atoms with van der Waals surface area (Å²) in [5.74, 6) is -1.63. The number of benzene rings is 1. The SMILES string of the molecule is CC(CO)CCCNC(=O)CCc1ccc(F)c(F)c1. The summed E-state index contributed by atoms with van der Waals surface area (Å²) in [5.41, 5.74) is 0.605. The lowest BCUT2D eigenvalue weighted by Gasteiger charge is -2.08. The topological polar surface area (TPSA) is 49.3 Å². The minimum Gasteiger partial charge on any atom is -0.396 e. The third kappa shape index (κ3) is 6.10. The quantitative estimate of drug-likeness (QED) is 0.721. The predicted octanol–water partition coefficient (Wildman–Crippen LogP) is 2.42. The van der Waals surface area contributed by atoms with Gasteiger partial charge in [0.05, 0.1) is 0 Å². The van der Waals surface area contributed by atoms with Crippen LogP contribution in [0.5, 0.6) is 0 Å². The summed E-state index contributed by atoms with van der Waals surface area (Å²) in [7, 11) is 0. The van der Waals surface area contributed by atoms with Gasteiger partial charge in [-0.05, 0) is 42.9 Å². The summed E-state index contributed by atoms with van der Waals surface area (Å²) >= 11 is 0. The maximum atomic E-state index is 13.0. The molecule has 20 heavy (non-hydrogen) atoms. The van der Waals surface area contributed by atoms with Gasteiger partial charge in [0.2, 0.25) is 5.91 Å². The number of aliphatic hydroxyl groups excluding tert-OH is 1. The van der Waals surface area contributed by atoms with Gasteiger partial charge in [0.25, 0.3) is 0 Å². The van der Waals surface area contributed by atoms with Crippen molar-refractivity contribution >= 4 is 5.91 Å². The zero-order valence-electron chi connectivity index (χ0n) is 11.7. The summed E-state index contributed by atoms with van der Waals surface area (Å²) in [5, 5.41) is 11.6. The van der Waals surface area contributed by atoms with Gasteiger partial charge in [0, 0.05) is 19.6 Å². The van der Waals surface area contributed by atoms with Crippen LogP contribution in [0.15, 0.2) is 18.2 Å². The van der Waals surface area contributed by atoms with Crippen molar-refractivity contribution in [1.29, 1.82) is 0 Å². The minimum atomic E-state index is -0.888. The molecule has 1 unspecified atom stereocenters. The number of nitrogens with one attached hydrogen (secondary N) is 1. The van der Waals surface area contributed by atoms with E-state index in [1.807, 2.05) is 6.92 Å². The number of carbonyl (C=O) groups is 1. The van der Waals surface area contributed by atoms with Gasteiger partial charge in [0.1, 0.15) is 0 Å². The average Bonchev–Trinajstić information content (AvgIpc) is 2.44. The van der Waals surface area contributed by atoms with Crippen molar-refractivity contribution in [2.75, 3.05) is 13.2 Å². The van der Waals surface area contributed by atoms with Gasteiger partial charge in [-0.1, -0.05) is 13.0 Å². The maximum absolute atomic E-state index is 13.0. The smallest absolute Gasteiger partial charge is 0.220 e. The standard InChI is InChI=1S/C15H21F2NO2/c1-11(10-19)3-2-8-18-15(20)7-5-12-4-6-13(16)14(17)9-12/h4,6,9,11,19H,2-3,5,7-8,10H2,1H3,(H,18,20). The molecule has 0 aromatic heterocycles. The Morgan fingerprint density at radius 2 is 2.10 bits per heavy atom. The van der Waals surface area contributed by atoms with Crippen molar-refractivity contribution in [3.63, 3.8) is 0 Å². The number of halogens is 2. The first-order chi connectivity index (χ1) is 9.52. The summed E-state index contributed by atoms with van der Waals surface area (Å²) in [4.78, 5) is 11.6. The molecule has 5 heteroatoms. The molecule has 1 amide bonds. The fraction of sp³-hybridized carbons (Fsp3) is 0.533. The zero-order valence-corrected chi connectivity index (χ0v) is 11.7. The number of rotatable bonds is 8. The summed E-state index contributed by atoms with van der Waals surface area (Å²) in [6, 6.07) is 3.67. The van der Waals surface area contributed by atoms with Crippen LogP contribution in [0.1, 0.15) is 31.7 Å². The molecule has 1 atom stereocenters. The molecule has 0 bridgehead atoms. The summed E-state index contributed by atoms with van der Waals surface area (Å²) in [6.45, 7) is 2.68.